The van der Waals surface area contributed by atoms with E-state index in [2.05, 4.69) is 5.32 Å². The van der Waals surface area contributed by atoms with Crippen LogP contribution in [0.3, 0.4) is 0 Å². The molecule has 9 heteroatoms. The van der Waals surface area contributed by atoms with E-state index in [9.17, 15) is 14.4 Å². The van der Waals surface area contributed by atoms with Crippen LogP contribution in [0.1, 0.15) is 12.8 Å². The zero-order valence-corrected chi connectivity index (χ0v) is 10.4. The topological polar surface area (TPSA) is 153 Å². The van der Waals surface area contributed by atoms with Gasteiger partial charge in [0.25, 0.3) is 0 Å². The number of nitrogens with zero attached hydrogens (tertiary/aromatic N) is 1. The number of nitrogens with one attached hydrogen (secondary N) is 1. The number of hydrogen-bond acceptors (Lipinski definition) is 5. The summed E-state index contributed by atoms with van der Waals surface area (Å²) in [6.45, 7) is -0.692. The molecule has 0 unspecified atom stereocenters. The summed E-state index contributed by atoms with van der Waals surface area (Å²) in [7, 11) is 0. The smallest absolute Gasteiger partial charge is 0.326 e. The van der Waals surface area contributed by atoms with E-state index in [1.807, 2.05) is 0 Å². The second-order valence-corrected chi connectivity index (χ2v) is 3.78. The molecule has 0 bridgehead atoms. The molecule has 0 radical (unpaired) electrons. The number of nitrogens with two attached hydrogens (primary N) is 1. The lowest BCUT2D eigenvalue weighted by Crippen LogP contribution is -2.49. The minimum atomic E-state index is -1.29. The number of aliphatic carboxylic acids is 1. The van der Waals surface area contributed by atoms with Crippen LogP contribution in [0.15, 0.2) is 0 Å². The summed E-state index contributed by atoms with van der Waals surface area (Å²) in [6.07, 6.45) is -0.292. The van der Waals surface area contributed by atoms with Crippen molar-refractivity contribution in [2.45, 2.75) is 18.9 Å². The van der Waals surface area contributed by atoms with E-state index in [1.54, 1.807) is 0 Å². The second-order valence-electron chi connectivity index (χ2n) is 3.78. The van der Waals surface area contributed by atoms with Gasteiger partial charge in [0.05, 0.1) is 13.2 Å². The van der Waals surface area contributed by atoms with Crippen LogP contribution in [-0.2, 0) is 9.59 Å². The summed E-state index contributed by atoms with van der Waals surface area (Å²) in [6, 6.07) is -1.99. The molecule has 0 aromatic carbocycles. The van der Waals surface area contributed by atoms with Crippen molar-refractivity contribution in [3.63, 3.8) is 0 Å². The van der Waals surface area contributed by atoms with Crippen LogP contribution in [0.25, 0.3) is 0 Å². The Morgan fingerprint density at radius 2 is 1.68 bits per heavy atom. The fourth-order valence-electron chi connectivity index (χ4n) is 1.34. The van der Waals surface area contributed by atoms with Crippen LogP contribution in [0.4, 0.5) is 4.79 Å². The summed E-state index contributed by atoms with van der Waals surface area (Å²) in [5.41, 5.74) is 4.91. The number of aliphatic hydroxyl groups excluding tert-OH is 2. The second kappa shape index (κ2) is 9.11. The van der Waals surface area contributed by atoms with E-state index in [-0.39, 0.29) is 39.1 Å². The summed E-state index contributed by atoms with van der Waals surface area (Å²) >= 11 is 0. The predicted molar refractivity (Wildman–Crippen MR) is 64.1 cm³/mol. The molecular formula is C10H19N3O6. The number of carbonyl (C=O) groups is 3. The van der Waals surface area contributed by atoms with Crippen molar-refractivity contribution in [1.29, 1.82) is 0 Å². The molecule has 0 aromatic heterocycles. The molecule has 6 N–H and O–H groups in total. The van der Waals surface area contributed by atoms with Gasteiger partial charge in [0.15, 0.2) is 0 Å². The monoisotopic (exact) mass is 277 g/mol. The fraction of sp³-hybridized carbons (Fsp3) is 0.700. The number of carboxylic acid groups (broad SMARTS) is 1. The molecule has 9 nitrogen and oxygen atoms in total. The molecule has 0 aliphatic carbocycles. The Bertz CT molecular complexity index is 316. The first-order chi connectivity index (χ1) is 8.92. The molecule has 19 heavy (non-hydrogen) atoms. The molecule has 1 atom stereocenters. The summed E-state index contributed by atoms with van der Waals surface area (Å²) in [5, 5.41) is 28.6. The maximum atomic E-state index is 11.7. The van der Waals surface area contributed by atoms with E-state index in [4.69, 9.17) is 21.1 Å². The number of carboxylic acids is 1. The number of urea groups is 1. The molecule has 0 aliphatic heterocycles. The Balaban J connectivity index is 4.49. The first kappa shape index (κ1) is 17.1. The molecule has 3 amide bonds. The summed E-state index contributed by atoms with van der Waals surface area (Å²) < 4.78 is 0. The Labute approximate surface area is 110 Å². The van der Waals surface area contributed by atoms with Crippen molar-refractivity contribution in [3.05, 3.63) is 0 Å². The zero-order valence-electron chi connectivity index (χ0n) is 10.4. The summed E-state index contributed by atoms with van der Waals surface area (Å²) in [4.78, 5) is 34.3. The van der Waals surface area contributed by atoms with Gasteiger partial charge in [0, 0.05) is 19.5 Å². The van der Waals surface area contributed by atoms with Gasteiger partial charge in [0.1, 0.15) is 6.04 Å². The van der Waals surface area contributed by atoms with Gasteiger partial charge in [-0.2, -0.15) is 0 Å². The number of amides is 3. The van der Waals surface area contributed by atoms with E-state index in [0.29, 0.717) is 0 Å². The average molecular weight is 277 g/mol. The van der Waals surface area contributed by atoms with Gasteiger partial charge in [-0.3, -0.25) is 4.79 Å². The molecule has 0 aromatic rings. The Morgan fingerprint density at radius 1 is 1.16 bits per heavy atom. The largest absolute Gasteiger partial charge is 0.480 e. The first-order valence-electron chi connectivity index (χ1n) is 5.70. The average Bonchev–Trinajstić information content (AvgIpc) is 2.33. The van der Waals surface area contributed by atoms with Crippen LogP contribution in [-0.4, -0.2) is 70.5 Å². The molecule has 0 saturated heterocycles. The summed E-state index contributed by atoms with van der Waals surface area (Å²) in [5.74, 6) is -1.95. The van der Waals surface area contributed by atoms with Crippen molar-refractivity contribution < 1.29 is 29.7 Å². The van der Waals surface area contributed by atoms with Gasteiger partial charge < -0.3 is 31.3 Å². The highest BCUT2D eigenvalue weighted by Crippen LogP contribution is 1.99. The number of carbonyl (C=O) groups excluding carboxylic acids is 2. The van der Waals surface area contributed by atoms with Crippen molar-refractivity contribution in [2.75, 3.05) is 26.3 Å². The van der Waals surface area contributed by atoms with E-state index in [1.165, 1.54) is 0 Å². The lowest BCUT2D eigenvalue weighted by atomic mass is 10.1. The minimum absolute atomic E-state index is 0.0332. The van der Waals surface area contributed by atoms with Gasteiger partial charge >= 0.3 is 12.0 Å². The highest BCUT2D eigenvalue weighted by atomic mass is 16.4. The minimum Gasteiger partial charge on any atom is -0.480 e. The van der Waals surface area contributed by atoms with E-state index >= 15 is 0 Å². The third-order valence-electron chi connectivity index (χ3n) is 2.30. The van der Waals surface area contributed by atoms with Gasteiger partial charge in [0.2, 0.25) is 5.91 Å². The molecule has 0 rings (SSSR count). The van der Waals surface area contributed by atoms with Crippen molar-refractivity contribution in [2.24, 2.45) is 5.73 Å². The SMILES string of the molecule is NC(=O)CC[C@@H](NC(=O)N(CCO)CCO)C(=O)O. The molecule has 0 fully saturated rings. The first-order valence-corrected chi connectivity index (χ1v) is 5.70. The molecule has 0 saturated carbocycles. The van der Waals surface area contributed by atoms with Crippen molar-refractivity contribution >= 4 is 17.9 Å². The molecule has 110 valence electrons. The van der Waals surface area contributed by atoms with E-state index in [0.717, 1.165) is 4.90 Å². The Morgan fingerprint density at radius 3 is 2.05 bits per heavy atom. The third kappa shape index (κ3) is 7.21. The maximum Gasteiger partial charge on any atom is 0.326 e. The van der Waals surface area contributed by atoms with Crippen LogP contribution >= 0.6 is 0 Å². The van der Waals surface area contributed by atoms with E-state index < -0.39 is 23.9 Å². The lowest BCUT2D eigenvalue weighted by molar-refractivity contribution is -0.139. The molecule has 0 aliphatic rings. The van der Waals surface area contributed by atoms with Crippen LogP contribution in [0.2, 0.25) is 0 Å². The Hall–Kier alpha value is -1.87. The number of hydrogen-bond donors (Lipinski definition) is 5. The fourth-order valence-corrected chi connectivity index (χ4v) is 1.34. The maximum absolute atomic E-state index is 11.7. The highest BCUT2D eigenvalue weighted by molar-refractivity contribution is 5.83. The molecular weight excluding hydrogens is 258 g/mol. The third-order valence-corrected chi connectivity index (χ3v) is 2.30. The number of aliphatic hydroxyl groups is 2. The molecule has 0 spiro atoms. The van der Waals surface area contributed by atoms with Gasteiger partial charge in [-0.15, -0.1) is 0 Å². The Kier molecular flexibility index (Phi) is 8.22. The van der Waals surface area contributed by atoms with Crippen LogP contribution in [0, 0.1) is 0 Å². The van der Waals surface area contributed by atoms with Gasteiger partial charge in [-0.05, 0) is 6.42 Å². The number of rotatable bonds is 9. The van der Waals surface area contributed by atoms with Crippen LogP contribution < -0.4 is 11.1 Å². The quantitative estimate of drug-likeness (QED) is 0.319. The van der Waals surface area contributed by atoms with Crippen molar-refractivity contribution in [1.82, 2.24) is 10.2 Å². The zero-order chi connectivity index (χ0) is 14.8. The lowest BCUT2D eigenvalue weighted by Gasteiger charge is -2.23. The van der Waals surface area contributed by atoms with Gasteiger partial charge in [-0.1, -0.05) is 0 Å². The number of primary amides is 1. The molecule has 0 heterocycles. The van der Waals surface area contributed by atoms with Crippen molar-refractivity contribution in [3.8, 4) is 0 Å². The standard InChI is InChI=1S/C10H19N3O6/c11-8(16)2-1-7(9(17)18)12-10(19)13(3-5-14)4-6-15/h7,14-15H,1-6H2,(H2,11,16)(H,12,19)(H,17,18)/t7-/m1/s1. The highest BCUT2D eigenvalue weighted by Gasteiger charge is 2.23. The van der Waals surface area contributed by atoms with Gasteiger partial charge in [-0.25, -0.2) is 9.59 Å². The van der Waals surface area contributed by atoms with Crippen LogP contribution in [0.5, 0.6) is 0 Å². The normalized spacial score (nSPS) is 11.7. The predicted octanol–water partition coefficient (Wildman–Crippen LogP) is -2.30.